The molecule has 0 rings (SSSR count). The molecule has 0 amide bonds. The fourth-order valence-corrected chi connectivity index (χ4v) is 0.439. The van der Waals surface area contributed by atoms with E-state index in [4.69, 9.17) is 4.55 Å². The molecule has 12 heavy (non-hydrogen) atoms. The lowest BCUT2D eigenvalue weighted by Crippen LogP contribution is -2.43. The van der Waals surface area contributed by atoms with Crippen molar-refractivity contribution >= 4 is 33.2 Å². The van der Waals surface area contributed by atoms with Crippen molar-refractivity contribution in [3.05, 3.63) is 0 Å². The topological polar surface area (TPSA) is 54.4 Å². The number of rotatable bonds is 1. The SMILES string of the molecule is O=S(=O)(O)C(F)(F)C(F)(F)F.[MgH2]. The molecule has 1 N–H and O–H groups in total. The minimum Gasteiger partial charge on any atom is -0.281 e. The molecule has 72 valence electrons. The lowest BCUT2D eigenvalue weighted by Gasteiger charge is -2.15. The molecule has 0 aromatic carbocycles. The van der Waals surface area contributed by atoms with Crippen molar-refractivity contribution in [3.63, 3.8) is 0 Å². The van der Waals surface area contributed by atoms with Gasteiger partial charge in [0.15, 0.2) is 0 Å². The molecule has 0 saturated carbocycles. The second-order valence-electron chi connectivity index (χ2n) is 1.49. The molecular weight excluding hydrogens is 223 g/mol. The fraction of sp³-hybridized carbons (Fsp3) is 1.00. The Morgan fingerprint density at radius 1 is 1.00 bits per heavy atom. The molecule has 0 aromatic rings. The third kappa shape index (κ3) is 2.67. The summed E-state index contributed by atoms with van der Waals surface area (Å²) in [6.07, 6.45) is -6.29. The van der Waals surface area contributed by atoms with Crippen LogP contribution in [0.15, 0.2) is 0 Å². The van der Waals surface area contributed by atoms with Gasteiger partial charge in [-0.3, -0.25) is 4.55 Å². The summed E-state index contributed by atoms with van der Waals surface area (Å²) in [6.45, 7) is 0. The van der Waals surface area contributed by atoms with E-state index in [0.29, 0.717) is 0 Å². The lowest BCUT2D eigenvalue weighted by atomic mass is 10.7. The third-order valence-corrected chi connectivity index (χ3v) is 1.53. The maximum atomic E-state index is 11.5. The van der Waals surface area contributed by atoms with Gasteiger partial charge in [0.1, 0.15) is 0 Å². The van der Waals surface area contributed by atoms with Crippen LogP contribution in [-0.2, 0) is 10.1 Å². The van der Waals surface area contributed by atoms with Crippen molar-refractivity contribution in [3.8, 4) is 0 Å². The Hall–Kier alpha value is 0.326. The summed E-state index contributed by atoms with van der Waals surface area (Å²) in [5, 5.41) is -6.10. The smallest absolute Gasteiger partial charge is 0.281 e. The standard InChI is InChI=1S/C2HF5O3S.Mg.2H/c3-1(4,5)2(6,7)11(8,9)10;;;/h(H,8,9,10);;;. The minimum absolute atomic E-state index is 0. The Kier molecular flexibility index (Phi) is 4.44. The zero-order valence-electron chi connectivity index (χ0n) is 4.56. The van der Waals surface area contributed by atoms with Gasteiger partial charge in [0.2, 0.25) is 0 Å². The number of hydrogen-bond donors (Lipinski definition) is 1. The van der Waals surface area contributed by atoms with E-state index in [1.165, 1.54) is 0 Å². The van der Waals surface area contributed by atoms with Gasteiger partial charge in [-0.25, -0.2) is 0 Å². The highest BCUT2D eigenvalue weighted by Crippen LogP contribution is 2.38. The molecule has 0 aliphatic heterocycles. The number of hydrogen-bond acceptors (Lipinski definition) is 2. The Balaban J connectivity index is 0. The van der Waals surface area contributed by atoms with Crippen LogP contribution in [0.2, 0.25) is 0 Å². The largest absolute Gasteiger partial charge is 0.472 e. The summed E-state index contributed by atoms with van der Waals surface area (Å²) >= 11 is 0. The lowest BCUT2D eigenvalue weighted by molar-refractivity contribution is -0.243. The fourth-order valence-electron chi connectivity index (χ4n) is 0.146. The van der Waals surface area contributed by atoms with Crippen molar-refractivity contribution in [2.75, 3.05) is 0 Å². The summed E-state index contributed by atoms with van der Waals surface area (Å²) in [5.74, 6) is 0. The molecule has 0 aromatic heterocycles. The molecular formula is C2H3F5MgO3S. The number of halogens is 5. The van der Waals surface area contributed by atoms with E-state index < -0.39 is 21.5 Å². The Morgan fingerprint density at radius 2 is 1.25 bits per heavy atom. The zero-order chi connectivity index (χ0) is 9.50. The van der Waals surface area contributed by atoms with Gasteiger partial charge in [-0.15, -0.1) is 0 Å². The first-order valence-electron chi connectivity index (χ1n) is 1.91. The predicted molar refractivity (Wildman–Crippen MR) is 31.1 cm³/mol. The maximum Gasteiger partial charge on any atom is 0.472 e. The van der Waals surface area contributed by atoms with Gasteiger partial charge in [0.25, 0.3) is 0 Å². The molecule has 0 heterocycles. The van der Waals surface area contributed by atoms with Gasteiger partial charge < -0.3 is 0 Å². The molecule has 0 radical (unpaired) electrons. The van der Waals surface area contributed by atoms with Gasteiger partial charge in [-0.1, -0.05) is 0 Å². The van der Waals surface area contributed by atoms with Crippen LogP contribution in [0.4, 0.5) is 22.0 Å². The first kappa shape index (κ1) is 14.8. The zero-order valence-corrected chi connectivity index (χ0v) is 5.38. The average molecular weight is 226 g/mol. The third-order valence-electron chi connectivity index (χ3n) is 0.654. The second kappa shape index (κ2) is 3.60. The molecule has 0 unspecified atom stereocenters. The van der Waals surface area contributed by atoms with Crippen molar-refractivity contribution in [2.45, 2.75) is 11.4 Å². The molecule has 3 nitrogen and oxygen atoms in total. The van der Waals surface area contributed by atoms with Crippen LogP contribution in [0, 0.1) is 0 Å². The van der Waals surface area contributed by atoms with E-state index in [1.807, 2.05) is 0 Å². The van der Waals surface area contributed by atoms with Gasteiger partial charge in [0, 0.05) is 0 Å². The van der Waals surface area contributed by atoms with Crippen molar-refractivity contribution in [1.82, 2.24) is 0 Å². The highest BCUT2D eigenvalue weighted by Gasteiger charge is 2.67. The average Bonchev–Trinajstić information content (AvgIpc) is 1.58. The van der Waals surface area contributed by atoms with Crippen LogP contribution in [0.1, 0.15) is 0 Å². The van der Waals surface area contributed by atoms with Crippen LogP contribution in [0.5, 0.6) is 0 Å². The van der Waals surface area contributed by atoms with E-state index >= 15 is 0 Å². The van der Waals surface area contributed by atoms with E-state index in [0.717, 1.165) is 0 Å². The van der Waals surface area contributed by atoms with Gasteiger partial charge in [-0.2, -0.15) is 30.4 Å². The summed E-state index contributed by atoms with van der Waals surface area (Å²) in [6, 6.07) is 0. The van der Waals surface area contributed by atoms with Gasteiger partial charge >= 0.3 is 44.6 Å². The van der Waals surface area contributed by atoms with E-state index in [9.17, 15) is 30.4 Å². The van der Waals surface area contributed by atoms with Crippen molar-refractivity contribution in [2.24, 2.45) is 0 Å². The quantitative estimate of drug-likeness (QED) is 0.392. The summed E-state index contributed by atoms with van der Waals surface area (Å²) in [5.41, 5.74) is 0. The second-order valence-corrected chi connectivity index (χ2v) is 2.95. The molecule has 0 atom stereocenters. The highest BCUT2D eigenvalue weighted by molar-refractivity contribution is 7.86. The van der Waals surface area contributed by atoms with E-state index in [1.54, 1.807) is 0 Å². The summed E-state index contributed by atoms with van der Waals surface area (Å²) in [4.78, 5) is 0. The molecule has 0 aliphatic rings. The van der Waals surface area contributed by atoms with Gasteiger partial charge in [0.05, 0.1) is 0 Å². The summed E-state index contributed by atoms with van der Waals surface area (Å²) < 4.78 is 82.2. The van der Waals surface area contributed by atoms with Crippen LogP contribution in [-0.4, -0.2) is 47.5 Å². The molecule has 0 bridgehead atoms. The minimum atomic E-state index is -6.42. The van der Waals surface area contributed by atoms with E-state index in [2.05, 4.69) is 0 Å². The van der Waals surface area contributed by atoms with Crippen LogP contribution < -0.4 is 0 Å². The van der Waals surface area contributed by atoms with Crippen molar-refractivity contribution in [1.29, 1.82) is 0 Å². The maximum absolute atomic E-state index is 11.5. The summed E-state index contributed by atoms with van der Waals surface area (Å²) in [7, 11) is -6.42. The molecule has 0 fully saturated rings. The first-order chi connectivity index (χ1) is 4.50. The van der Waals surface area contributed by atoms with Gasteiger partial charge in [-0.05, 0) is 0 Å². The Morgan fingerprint density at radius 3 is 1.25 bits per heavy atom. The monoisotopic (exact) mass is 226 g/mol. The van der Waals surface area contributed by atoms with Crippen LogP contribution >= 0.6 is 0 Å². The number of alkyl halides is 5. The Bertz CT molecular complexity index is 242. The van der Waals surface area contributed by atoms with Crippen molar-refractivity contribution < 1.29 is 34.9 Å². The highest BCUT2D eigenvalue weighted by atomic mass is 32.2. The first-order valence-corrected chi connectivity index (χ1v) is 3.36. The molecule has 0 aliphatic carbocycles. The van der Waals surface area contributed by atoms with Crippen LogP contribution in [0.25, 0.3) is 0 Å². The Labute approximate surface area is 79.8 Å². The normalized spacial score (nSPS) is 13.8. The van der Waals surface area contributed by atoms with Crippen LogP contribution in [0.3, 0.4) is 0 Å². The molecule has 0 spiro atoms. The predicted octanol–water partition coefficient (Wildman–Crippen LogP) is 0.113. The molecule has 10 heteroatoms. The molecule has 0 saturated heterocycles. The van der Waals surface area contributed by atoms with E-state index in [-0.39, 0.29) is 23.1 Å².